The van der Waals surface area contributed by atoms with E-state index in [0.29, 0.717) is 4.90 Å². The zero-order valence-corrected chi connectivity index (χ0v) is 22.4. The minimum Gasteiger partial charge on any atom is -0.404 e. The summed E-state index contributed by atoms with van der Waals surface area (Å²) in [5.74, 6) is -0.750. The molecule has 0 unspecified atom stereocenters. The summed E-state index contributed by atoms with van der Waals surface area (Å²) in [6.07, 6.45) is -3.50. The molecule has 13 heteroatoms. The third-order valence-corrected chi connectivity index (χ3v) is 7.71. The number of pyridine rings is 1. The van der Waals surface area contributed by atoms with Gasteiger partial charge in [-0.25, -0.2) is 4.79 Å². The second-order valence-corrected chi connectivity index (χ2v) is 10.1. The lowest BCUT2D eigenvalue weighted by atomic mass is 10.0. The van der Waals surface area contributed by atoms with Gasteiger partial charge in [0.05, 0.1) is 0 Å². The number of carbonyl (C=O) groups excluding carboxylic acids is 2. The van der Waals surface area contributed by atoms with Crippen molar-refractivity contribution < 1.29 is 27.5 Å². The first kappa shape index (κ1) is 28.4. The maximum absolute atomic E-state index is 12.8. The first-order chi connectivity index (χ1) is 18.5. The predicted octanol–water partition coefficient (Wildman–Crippen LogP) is 5.01. The van der Waals surface area contributed by atoms with Crippen molar-refractivity contribution in [1.29, 1.82) is 0 Å². The summed E-state index contributed by atoms with van der Waals surface area (Å²) in [6.45, 7) is 0.393. The Morgan fingerprint density at radius 2 is 1.85 bits per heavy atom. The van der Waals surface area contributed by atoms with Crippen molar-refractivity contribution >= 4 is 35.4 Å². The van der Waals surface area contributed by atoms with E-state index < -0.39 is 47.8 Å². The molecule has 0 spiro atoms. The number of alkyl halides is 3. The number of carbonyl (C=O) groups is 2. The first-order valence-electron chi connectivity index (χ1n) is 11.7. The molecule has 206 valence electrons. The van der Waals surface area contributed by atoms with Gasteiger partial charge in [0.25, 0.3) is 5.91 Å². The Labute approximate surface area is 231 Å². The second-order valence-electron chi connectivity index (χ2n) is 8.63. The Hall–Kier alpha value is -3.64. The zero-order valence-electron chi connectivity index (χ0n) is 20.8. The standard InChI is InChI=1S/C14H11ClS.C12H13F3N4O4/c15-13-6-3-5-10-8-11-4-1-2-7-14(11)16-9-12(10)13;1-6(12(13,14)15)18-5-17-19-4-3-7(20)9(8(19)10(18)21)23-11(22)16-2/h1-7H,8-9H2;3-4,6,17H,5H2,1-2H3,(H,16,22)/t;6-/m.1/s1. The molecule has 2 aliphatic heterocycles. The Morgan fingerprint density at radius 1 is 1.13 bits per heavy atom. The molecule has 0 fully saturated rings. The molecule has 0 radical (unpaired) electrons. The van der Waals surface area contributed by atoms with Gasteiger partial charge in [-0.3, -0.25) is 14.3 Å². The number of nitrogens with one attached hydrogen (secondary N) is 2. The van der Waals surface area contributed by atoms with Crippen LogP contribution in [0.4, 0.5) is 18.0 Å². The van der Waals surface area contributed by atoms with Crippen LogP contribution in [-0.4, -0.2) is 47.5 Å². The van der Waals surface area contributed by atoms with Crippen molar-refractivity contribution in [2.75, 3.05) is 19.1 Å². The van der Waals surface area contributed by atoms with Crippen LogP contribution in [0.1, 0.15) is 34.1 Å². The van der Waals surface area contributed by atoms with Crippen LogP contribution < -0.4 is 20.9 Å². The Balaban J connectivity index is 0.000000192. The first-order valence-corrected chi connectivity index (χ1v) is 13.1. The normalized spacial score (nSPS) is 14.8. The summed E-state index contributed by atoms with van der Waals surface area (Å²) in [6, 6.07) is 13.8. The van der Waals surface area contributed by atoms with Crippen LogP contribution in [-0.2, 0) is 12.2 Å². The third kappa shape index (κ3) is 6.17. The molecular formula is C26H24ClF3N4O4S. The fourth-order valence-corrected chi connectivity index (χ4v) is 5.50. The Morgan fingerprint density at radius 3 is 2.56 bits per heavy atom. The molecule has 2 N–H and O–H groups in total. The lowest BCUT2D eigenvalue weighted by Crippen LogP contribution is -2.54. The molecule has 3 heterocycles. The number of aromatic nitrogens is 1. The van der Waals surface area contributed by atoms with E-state index in [9.17, 15) is 27.6 Å². The van der Waals surface area contributed by atoms with E-state index in [2.05, 4.69) is 41.1 Å². The summed E-state index contributed by atoms with van der Waals surface area (Å²) in [5.41, 5.74) is 5.31. The van der Waals surface area contributed by atoms with Crippen molar-refractivity contribution in [3.05, 3.63) is 92.4 Å². The molecule has 1 atom stereocenters. The summed E-state index contributed by atoms with van der Waals surface area (Å²) < 4.78 is 44.3. The van der Waals surface area contributed by atoms with Gasteiger partial charge in [0.2, 0.25) is 11.2 Å². The van der Waals surface area contributed by atoms with E-state index in [-0.39, 0.29) is 0 Å². The quantitative estimate of drug-likeness (QED) is 0.443. The van der Waals surface area contributed by atoms with Crippen LogP contribution in [0.5, 0.6) is 5.75 Å². The average molecular weight is 581 g/mol. The molecule has 3 aromatic rings. The van der Waals surface area contributed by atoms with Gasteiger partial charge in [-0.1, -0.05) is 41.9 Å². The fourth-order valence-electron chi connectivity index (χ4n) is 4.02. The topological polar surface area (TPSA) is 92.7 Å². The van der Waals surface area contributed by atoms with Crippen molar-refractivity contribution in [3.8, 4) is 5.75 Å². The number of rotatable bonds is 2. The number of thioether (sulfide) groups is 1. The van der Waals surface area contributed by atoms with Crippen molar-refractivity contribution in [3.63, 3.8) is 0 Å². The van der Waals surface area contributed by atoms with E-state index in [1.54, 1.807) is 0 Å². The van der Waals surface area contributed by atoms with Crippen molar-refractivity contribution in [2.24, 2.45) is 0 Å². The van der Waals surface area contributed by atoms with E-state index >= 15 is 0 Å². The fraction of sp³-hybridized carbons (Fsp3) is 0.269. The molecule has 0 bridgehead atoms. The lowest BCUT2D eigenvalue weighted by Gasteiger charge is -2.36. The highest BCUT2D eigenvalue weighted by Gasteiger charge is 2.45. The molecule has 2 aromatic carbocycles. The number of benzene rings is 2. The van der Waals surface area contributed by atoms with E-state index in [4.69, 9.17) is 16.3 Å². The van der Waals surface area contributed by atoms with Crippen LogP contribution in [0.3, 0.4) is 0 Å². The third-order valence-electron chi connectivity index (χ3n) is 6.21. The minimum atomic E-state index is -4.64. The molecule has 2 amide bonds. The maximum Gasteiger partial charge on any atom is 0.412 e. The molecule has 8 nitrogen and oxygen atoms in total. The number of hydrogen-bond acceptors (Lipinski definition) is 6. The highest BCUT2D eigenvalue weighted by molar-refractivity contribution is 7.98. The van der Waals surface area contributed by atoms with Gasteiger partial charge in [0.1, 0.15) is 12.7 Å². The highest BCUT2D eigenvalue weighted by atomic mass is 35.5. The molecule has 0 saturated heterocycles. The van der Waals surface area contributed by atoms with Crippen LogP contribution in [0, 0.1) is 0 Å². The van der Waals surface area contributed by atoms with Gasteiger partial charge in [-0.2, -0.15) is 13.2 Å². The summed E-state index contributed by atoms with van der Waals surface area (Å²) in [7, 11) is 1.23. The molecule has 0 aliphatic carbocycles. The number of ether oxygens (including phenoxy) is 1. The monoisotopic (exact) mass is 580 g/mol. The lowest BCUT2D eigenvalue weighted by molar-refractivity contribution is -0.172. The van der Waals surface area contributed by atoms with Gasteiger partial charge in [0, 0.05) is 35.0 Å². The number of hydrogen-bond donors (Lipinski definition) is 2. The molecular weight excluding hydrogens is 557 g/mol. The van der Waals surface area contributed by atoms with E-state index in [1.165, 1.54) is 34.8 Å². The molecule has 0 saturated carbocycles. The highest BCUT2D eigenvalue weighted by Crippen LogP contribution is 2.36. The molecule has 5 rings (SSSR count). The minimum absolute atomic E-state index is 0.422. The van der Waals surface area contributed by atoms with Gasteiger partial charge >= 0.3 is 12.3 Å². The van der Waals surface area contributed by atoms with Crippen molar-refractivity contribution in [1.82, 2.24) is 14.9 Å². The van der Waals surface area contributed by atoms with E-state index in [0.717, 1.165) is 34.9 Å². The molecule has 2 aliphatic rings. The number of fused-ring (bicyclic) bond motifs is 3. The van der Waals surface area contributed by atoms with Gasteiger partial charge in [-0.15, -0.1) is 11.8 Å². The summed E-state index contributed by atoms with van der Waals surface area (Å²) in [4.78, 5) is 37.4. The summed E-state index contributed by atoms with van der Waals surface area (Å²) in [5, 5.41) is 2.99. The van der Waals surface area contributed by atoms with Gasteiger partial charge < -0.3 is 20.4 Å². The van der Waals surface area contributed by atoms with Crippen LogP contribution in [0.15, 0.2) is 64.4 Å². The SMILES string of the molecule is CNC(=O)Oc1c2n(ccc1=O)NCN([C@H](C)C(F)(F)F)C2=O.Clc1cccc2c1CSc1ccccc1C2. The average Bonchev–Trinajstić information content (AvgIpc) is 3.10. The van der Waals surface area contributed by atoms with Crippen LogP contribution >= 0.6 is 23.4 Å². The molecule has 39 heavy (non-hydrogen) atoms. The Bertz CT molecular complexity index is 1460. The smallest absolute Gasteiger partial charge is 0.404 e. The molecule has 1 aromatic heterocycles. The number of nitrogens with zero attached hydrogens (tertiary/aromatic N) is 2. The van der Waals surface area contributed by atoms with Crippen LogP contribution in [0.25, 0.3) is 0 Å². The predicted molar refractivity (Wildman–Crippen MR) is 142 cm³/mol. The number of amides is 2. The zero-order chi connectivity index (χ0) is 28.3. The van der Waals surface area contributed by atoms with Crippen molar-refractivity contribution in [2.45, 2.75) is 36.2 Å². The second kappa shape index (κ2) is 11.6. The van der Waals surface area contributed by atoms with Crippen LogP contribution in [0.2, 0.25) is 5.02 Å². The number of halogens is 4. The van der Waals surface area contributed by atoms with Gasteiger partial charge in [0.15, 0.2) is 5.69 Å². The Kier molecular flexibility index (Phi) is 8.45. The van der Waals surface area contributed by atoms with Gasteiger partial charge in [-0.05, 0) is 42.2 Å². The largest absolute Gasteiger partial charge is 0.412 e. The summed E-state index contributed by atoms with van der Waals surface area (Å²) >= 11 is 8.13. The maximum atomic E-state index is 12.8. The van der Waals surface area contributed by atoms with E-state index in [1.807, 2.05) is 23.9 Å².